The molecule has 202 valence electrons. The van der Waals surface area contributed by atoms with Gasteiger partial charge in [-0.05, 0) is 45.1 Å². The van der Waals surface area contributed by atoms with E-state index in [2.05, 4.69) is 0 Å². The molecule has 2 aromatic rings. The summed E-state index contributed by atoms with van der Waals surface area (Å²) in [5.41, 5.74) is -1.11. The van der Waals surface area contributed by atoms with Gasteiger partial charge in [-0.15, -0.1) is 0 Å². The van der Waals surface area contributed by atoms with E-state index in [4.69, 9.17) is 14.2 Å². The van der Waals surface area contributed by atoms with Crippen molar-refractivity contribution in [1.29, 1.82) is 0 Å². The maximum absolute atomic E-state index is 13.7. The molecule has 9 heteroatoms. The first-order valence-corrected chi connectivity index (χ1v) is 12.9. The Balaban J connectivity index is 1.65. The van der Waals surface area contributed by atoms with Crippen LogP contribution in [0.3, 0.4) is 0 Å². The van der Waals surface area contributed by atoms with Crippen LogP contribution in [0.15, 0.2) is 18.2 Å². The summed E-state index contributed by atoms with van der Waals surface area (Å²) in [7, 11) is 1.38. The number of hydrogen-bond acceptors (Lipinski definition) is 9. The molecule has 3 N–H and O–H groups in total. The zero-order chi connectivity index (χ0) is 27.4. The van der Waals surface area contributed by atoms with Crippen LogP contribution in [0.1, 0.15) is 88.4 Å². The van der Waals surface area contributed by atoms with E-state index in [1.54, 1.807) is 19.1 Å². The van der Waals surface area contributed by atoms with Crippen LogP contribution in [0, 0.1) is 5.41 Å². The first kappa shape index (κ1) is 26.3. The molecule has 1 fully saturated rings. The van der Waals surface area contributed by atoms with E-state index in [-0.39, 0.29) is 64.7 Å². The maximum atomic E-state index is 13.7. The molecular formula is C29H32O9. The van der Waals surface area contributed by atoms with Gasteiger partial charge in [-0.1, -0.05) is 19.1 Å². The van der Waals surface area contributed by atoms with E-state index < -0.39 is 53.1 Å². The molecule has 0 radical (unpaired) electrons. The third kappa shape index (κ3) is 4.09. The van der Waals surface area contributed by atoms with Crippen molar-refractivity contribution in [3.05, 3.63) is 51.6 Å². The van der Waals surface area contributed by atoms with Gasteiger partial charge in [0.15, 0.2) is 17.9 Å². The topological polar surface area (TPSA) is 140 Å². The van der Waals surface area contributed by atoms with Crippen molar-refractivity contribution >= 4 is 17.3 Å². The fourth-order valence-corrected chi connectivity index (χ4v) is 6.21. The van der Waals surface area contributed by atoms with Crippen molar-refractivity contribution < 1.29 is 43.9 Å². The number of carbonyl (C=O) groups is 3. The summed E-state index contributed by atoms with van der Waals surface area (Å²) in [6, 6.07) is 4.60. The smallest absolute Gasteiger partial charge is 0.202 e. The number of rotatable bonds is 6. The predicted octanol–water partition coefficient (Wildman–Crippen LogP) is 3.41. The van der Waals surface area contributed by atoms with Crippen molar-refractivity contribution in [1.82, 2.24) is 0 Å². The fraction of sp³-hybridized carbons (Fsp3) is 0.483. The van der Waals surface area contributed by atoms with E-state index >= 15 is 0 Å². The van der Waals surface area contributed by atoms with Crippen LogP contribution in [0.2, 0.25) is 0 Å². The molecular weight excluding hydrogens is 492 g/mol. The standard InChI is InChI=1S/C29H32O9/c1-14-6-4-9-20(38-14)37-13-15-10-29(2,19(31)12-30)11-17-21(15)27(34)24-23(26(17)33)25(32)16-7-5-8-18(36-3)22(16)28(24)35/h5,7-8,14-15,20,30,33-34H,4,6,9-13H2,1-3H3/t14-,15+,20+,29-/m0/s1. The van der Waals surface area contributed by atoms with Gasteiger partial charge in [0, 0.05) is 28.0 Å². The van der Waals surface area contributed by atoms with Crippen LogP contribution in [0.25, 0.3) is 0 Å². The lowest BCUT2D eigenvalue weighted by Crippen LogP contribution is -2.40. The Labute approximate surface area is 220 Å². The molecule has 5 rings (SSSR count). The number of hydrogen-bond donors (Lipinski definition) is 3. The summed E-state index contributed by atoms with van der Waals surface area (Å²) in [4.78, 5) is 40.1. The molecule has 2 aromatic carbocycles. The van der Waals surface area contributed by atoms with Gasteiger partial charge in [0.05, 0.1) is 36.5 Å². The minimum Gasteiger partial charge on any atom is -0.507 e. The molecule has 2 aliphatic carbocycles. The van der Waals surface area contributed by atoms with E-state index in [1.807, 2.05) is 6.92 Å². The fourth-order valence-electron chi connectivity index (χ4n) is 6.21. The van der Waals surface area contributed by atoms with Gasteiger partial charge in [-0.2, -0.15) is 0 Å². The highest BCUT2D eigenvalue weighted by Crippen LogP contribution is 2.53. The van der Waals surface area contributed by atoms with E-state index in [0.29, 0.717) is 6.42 Å². The zero-order valence-corrected chi connectivity index (χ0v) is 21.7. The van der Waals surface area contributed by atoms with Gasteiger partial charge in [0.2, 0.25) is 5.78 Å². The van der Waals surface area contributed by atoms with Crippen LogP contribution in [-0.4, -0.2) is 65.4 Å². The highest BCUT2D eigenvalue weighted by Gasteiger charge is 2.47. The van der Waals surface area contributed by atoms with Crippen molar-refractivity contribution in [2.24, 2.45) is 5.41 Å². The Kier molecular flexibility index (Phi) is 6.79. The summed E-state index contributed by atoms with van der Waals surface area (Å²) >= 11 is 0. The molecule has 0 amide bonds. The van der Waals surface area contributed by atoms with Crippen molar-refractivity contribution in [3.8, 4) is 17.2 Å². The monoisotopic (exact) mass is 524 g/mol. The Hall–Kier alpha value is -3.27. The molecule has 0 bridgehead atoms. The Morgan fingerprint density at radius 1 is 1.11 bits per heavy atom. The highest BCUT2D eigenvalue weighted by atomic mass is 16.7. The number of aliphatic hydroxyl groups excluding tert-OH is 1. The first-order valence-electron chi connectivity index (χ1n) is 12.9. The summed E-state index contributed by atoms with van der Waals surface area (Å²) in [6.45, 7) is 3.01. The van der Waals surface area contributed by atoms with Crippen LogP contribution in [0.4, 0.5) is 0 Å². The SMILES string of the molecule is COc1cccc2c1C(=O)c1c(O)c3c(c(O)c1C2=O)C[C@@](C)(C(=O)CO)C[C@@H]3CO[C@H]1CCC[C@H](C)O1. The van der Waals surface area contributed by atoms with Crippen molar-refractivity contribution in [2.45, 2.75) is 64.3 Å². The van der Waals surface area contributed by atoms with Gasteiger partial charge in [0.25, 0.3) is 0 Å². The number of fused-ring (bicyclic) bond motifs is 3. The molecule has 0 saturated carbocycles. The van der Waals surface area contributed by atoms with Crippen LogP contribution in [-0.2, 0) is 20.7 Å². The number of phenolic OH excluding ortho intramolecular Hbond substituents is 2. The number of ketones is 3. The zero-order valence-electron chi connectivity index (χ0n) is 21.7. The number of Topliss-reactive ketones (excluding diaryl/α,β-unsaturated/α-hetero) is 1. The second kappa shape index (κ2) is 9.80. The van der Waals surface area contributed by atoms with Gasteiger partial charge in [-0.3, -0.25) is 14.4 Å². The van der Waals surface area contributed by atoms with Crippen molar-refractivity contribution in [2.75, 3.05) is 20.3 Å². The number of benzene rings is 2. The lowest BCUT2D eigenvalue weighted by molar-refractivity contribution is -0.192. The number of carbonyl (C=O) groups excluding carboxylic acids is 3. The molecule has 0 unspecified atom stereocenters. The molecule has 9 nitrogen and oxygen atoms in total. The van der Waals surface area contributed by atoms with E-state index in [1.165, 1.54) is 13.2 Å². The first-order chi connectivity index (χ1) is 18.1. The third-order valence-electron chi connectivity index (χ3n) is 8.17. The molecule has 0 spiro atoms. The lowest BCUT2D eigenvalue weighted by Gasteiger charge is -2.40. The average molecular weight is 525 g/mol. The predicted molar refractivity (Wildman–Crippen MR) is 135 cm³/mol. The third-order valence-corrected chi connectivity index (χ3v) is 8.17. The second-order valence-electron chi connectivity index (χ2n) is 10.7. The average Bonchev–Trinajstić information content (AvgIpc) is 2.91. The number of aliphatic hydroxyl groups is 1. The Morgan fingerprint density at radius 3 is 2.53 bits per heavy atom. The van der Waals surface area contributed by atoms with Gasteiger partial charge in [-0.25, -0.2) is 0 Å². The van der Waals surface area contributed by atoms with Crippen LogP contribution >= 0.6 is 0 Å². The minimum atomic E-state index is -1.09. The van der Waals surface area contributed by atoms with Crippen molar-refractivity contribution in [3.63, 3.8) is 0 Å². The molecule has 1 aliphatic heterocycles. The van der Waals surface area contributed by atoms with Crippen LogP contribution < -0.4 is 4.74 Å². The summed E-state index contributed by atoms with van der Waals surface area (Å²) in [5.74, 6) is -2.96. The lowest BCUT2D eigenvalue weighted by atomic mass is 9.64. The summed E-state index contributed by atoms with van der Waals surface area (Å²) in [6.07, 6.45) is 2.32. The number of phenols is 2. The molecule has 1 heterocycles. The van der Waals surface area contributed by atoms with E-state index in [0.717, 1.165) is 12.8 Å². The van der Waals surface area contributed by atoms with Gasteiger partial charge >= 0.3 is 0 Å². The molecule has 3 aliphatic rings. The largest absolute Gasteiger partial charge is 0.507 e. The molecule has 38 heavy (non-hydrogen) atoms. The normalized spacial score (nSPS) is 26.4. The quantitative estimate of drug-likeness (QED) is 0.414. The highest BCUT2D eigenvalue weighted by molar-refractivity contribution is 6.31. The number of ether oxygens (including phenoxy) is 3. The molecule has 0 aromatic heterocycles. The summed E-state index contributed by atoms with van der Waals surface area (Å²) in [5, 5.41) is 32.7. The summed E-state index contributed by atoms with van der Waals surface area (Å²) < 4.78 is 17.3. The minimum absolute atomic E-state index is 0.0195. The Bertz CT molecular complexity index is 1330. The van der Waals surface area contributed by atoms with E-state index in [9.17, 15) is 29.7 Å². The molecule has 4 atom stereocenters. The van der Waals surface area contributed by atoms with Gasteiger partial charge in [0.1, 0.15) is 23.9 Å². The van der Waals surface area contributed by atoms with Crippen LogP contribution in [0.5, 0.6) is 17.2 Å². The number of aromatic hydroxyl groups is 2. The number of methoxy groups -OCH3 is 1. The second-order valence-corrected chi connectivity index (χ2v) is 10.7. The van der Waals surface area contributed by atoms with Gasteiger partial charge < -0.3 is 29.5 Å². The Morgan fingerprint density at radius 2 is 1.84 bits per heavy atom. The maximum Gasteiger partial charge on any atom is 0.202 e. The molecule has 1 saturated heterocycles.